The Morgan fingerprint density at radius 1 is 0.600 bits per heavy atom. The van der Waals surface area contributed by atoms with Crippen LogP contribution in [-0.2, 0) is 6.42 Å². The summed E-state index contributed by atoms with van der Waals surface area (Å²) < 4.78 is 0. The number of benzene rings is 1. The average Bonchev–Trinajstić information content (AvgIpc) is 2.51. The summed E-state index contributed by atoms with van der Waals surface area (Å²) in [5.41, 5.74) is 4.68. The molecule has 1 aromatic carbocycles. The highest BCUT2D eigenvalue weighted by Gasteiger charge is 1.97. The van der Waals surface area contributed by atoms with Crippen LogP contribution in [0.15, 0.2) is 73.3 Å². The number of hydrogen-bond donors (Lipinski definition) is 1. The highest BCUT2D eigenvalue weighted by atomic mass is 14.9. The van der Waals surface area contributed by atoms with E-state index in [1.807, 2.05) is 36.7 Å². The molecule has 0 fully saturated rings. The van der Waals surface area contributed by atoms with E-state index in [9.17, 15) is 0 Å². The lowest BCUT2D eigenvalue weighted by Crippen LogP contribution is -1.92. The minimum Gasteiger partial charge on any atom is -0.355 e. The molecule has 3 nitrogen and oxygen atoms in total. The van der Waals surface area contributed by atoms with Gasteiger partial charge in [-0.3, -0.25) is 9.97 Å². The molecule has 20 heavy (non-hydrogen) atoms. The van der Waals surface area contributed by atoms with Crippen LogP contribution in [0.2, 0.25) is 0 Å². The van der Waals surface area contributed by atoms with Gasteiger partial charge in [-0.25, -0.2) is 0 Å². The fourth-order valence-electron chi connectivity index (χ4n) is 2.04. The van der Waals surface area contributed by atoms with Crippen LogP contribution in [0.4, 0.5) is 11.4 Å². The first kappa shape index (κ1) is 12.4. The quantitative estimate of drug-likeness (QED) is 0.776. The highest BCUT2D eigenvalue weighted by molar-refractivity contribution is 5.59. The molecule has 0 spiro atoms. The van der Waals surface area contributed by atoms with Crippen LogP contribution in [0.25, 0.3) is 0 Å². The first-order valence-corrected chi connectivity index (χ1v) is 6.55. The van der Waals surface area contributed by atoms with E-state index in [4.69, 9.17) is 0 Å². The van der Waals surface area contributed by atoms with Crippen LogP contribution in [0, 0.1) is 0 Å². The third-order valence-corrected chi connectivity index (χ3v) is 3.08. The van der Waals surface area contributed by atoms with E-state index in [2.05, 4.69) is 39.6 Å². The number of nitrogens with zero attached hydrogens (tertiary/aromatic N) is 2. The maximum Gasteiger partial charge on any atom is 0.0415 e. The number of rotatable bonds is 4. The van der Waals surface area contributed by atoms with Crippen molar-refractivity contribution in [2.24, 2.45) is 0 Å². The second-order valence-electron chi connectivity index (χ2n) is 4.59. The van der Waals surface area contributed by atoms with Gasteiger partial charge in [0.05, 0.1) is 0 Å². The SMILES string of the molecule is c1cc(Cc2ccc(Nc3ccncc3)cc2)ccn1. The molecular weight excluding hydrogens is 246 g/mol. The highest BCUT2D eigenvalue weighted by Crippen LogP contribution is 2.17. The van der Waals surface area contributed by atoms with Crippen molar-refractivity contribution in [3.05, 3.63) is 84.4 Å². The fourth-order valence-corrected chi connectivity index (χ4v) is 2.04. The second-order valence-corrected chi connectivity index (χ2v) is 4.59. The molecule has 0 amide bonds. The van der Waals surface area contributed by atoms with Gasteiger partial charge < -0.3 is 5.32 Å². The van der Waals surface area contributed by atoms with Gasteiger partial charge in [0, 0.05) is 36.2 Å². The predicted octanol–water partition coefficient (Wildman–Crippen LogP) is 3.81. The molecule has 1 N–H and O–H groups in total. The Hall–Kier alpha value is -2.68. The molecule has 0 aliphatic rings. The largest absolute Gasteiger partial charge is 0.355 e. The maximum absolute atomic E-state index is 4.03. The van der Waals surface area contributed by atoms with Gasteiger partial charge in [-0.1, -0.05) is 12.1 Å². The zero-order valence-electron chi connectivity index (χ0n) is 11.0. The van der Waals surface area contributed by atoms with Crippen molar-refractivity contribution >= 4 is 11.4 Å². The molecule has 3 heteroatoms. The lowest BCUT2D eigenvalue weighted by atomic mass is 10.1. The van der Waals surface area contributed by atoms with Crippen molar-refractivity contribution in [3.8, 4) is 0 Å². The summed E-state index contributed by atoms with van der Waals surface area (Å²) in [6, 6.07) is 16.5. The molecule has 98 valence electrons. The summed E-state index contributed by atoms with van der Waals surface area (Å²) in [5, 5.41) is 3.34. The minimum atomic E-state index is 0.929. The van der Waals surface area contributed by atoms with Crippen molar-refractivity contribution in [3.63, 3.8) is 0 Å². The Morgan fingerprint density at radius 3 is 1.75 bits per heavy atom. The molecular formula is C17H15N3. The number of pyridine rings is 2. The molecule has 0 bridgehead atoms. The first-order valence-electron chi connectivity index (χ1n) is 6.55. The van der Waals surface area contributed by atoms with Gasteiger partial charge in [0.2, 0.25) is 0 Å². The van der Waals surface area contributed by atoms with E-state index in [1.54, 1.807) is 12.4 Å². The Labute approximate surface area is 118 Å². The molecule has 0 saturated heterocycles. The molecule has 0 unspecified atom stereocenters. The van der Waals surface area contributed by atoms with Crippen LogP contribution in [-0.4, -0.2) is 9.97 Å². The molecule has 0 radical (unpaired) electrons. The number of hydrogen-bond acceptors (Lipinski definition) is 3. The van der Waals surface area contributed by atoms with Crippen molar-refractivity contribution < 1.29 is 0 Å². The smallest absolute Gasteiger partial charge is 0.0415 e. The third kappa shape index (κ3) is 3.20. The Kier molecular flexibility index (Phi) is 3.69. The van der Waals surface area contributed by atoms with Gasteiger partial charge in [0.15, 0.2) is 0 Å². The average molecular weight is 261 g/mol. The molecule has 0 aliphatic carbocycles. The van der Waals surface area contributed by atoms with Crippen LogP contribution < -0.4 is 5.32 Å². The molecule has 3 aromatic rings. The van der Waals surface area contributed by atoms with Crippen molar-refractivity contribution in [2.75, 3.05) is 5.32 Å². The number of anilines is 2. The zero-order valence-corrected chi connectivity index (χ0v) is 11.0. The van der Waals surface area contributed by atoms with E-state index in [-0.39, 0.29) is 0 Å². The van der Waals surface area contributed by atoms with E-state index >= 15 is 0 Å². The van der Waals surface area contributed by atoms with Gasteiger partial charge in [-0.15, -0.1) is 0 Å². The van der Waals surface area contributed by atoms with Crippen LogP contribution >= 0.6 is 0 Å². The summed E-state index contributed by atoms with van der Waals surface area (Å²) in [6.07, 6.45) is 8.14. The summed E-state index contributed by atoms with van der Waals surface area (Å²) in [4.78, 5) is 8.04. The third-order valence-electron chi connectivity index (χ3n) is 3.08. The van der Waals surface area contributed by atoms with Crippen LogP contribution in [0.3, 0.4) is 0 Å². The first-order chi connectivity index (χ1) is 9.90. The molecule has 2 heterocycles. The van der Waals surface area contributed by atoms with Crippen LogP contribution in [0.1, 0.15) is 11.1 Å². The predicted molar refractivity (Wildman–Crippen MR) is 81.0 cm³/mol. The molecule has 0 saturated carbocycles. The monoisotopic (exact) mass is 261 g/mol. The molecule has 3 rings (SSSR count). The van der Waals surface area contributed by atoms with Gasteiger partial charge in [-0.05, 0) is 53.9 Å². The second kappa shape index (κ2) is 5.97. The molecule has 0 aliphatic heterocycles. The summed E-state index contributed by atoms with van der Waals surface area (Å²) >= 11 is 0. The topological polar surface area (TPSA) is 37.8 Å². The fraction of sp³-hybridized carbons (Fsp3) is 0.0588. The van der Waals surface area contributed by atoms with Crippen molar-refractivity contribution in [1.82, 2.24) is 9.97 Å². The lowest BCUT2D eigenvalue weighted by molar-refractivity contribution is 1.16. The van der Waals surface area contributed by atoms with Crippen LogP contribution in [0.5, 0.6) is 0 Å². The molecule has 2 aromatic heterocycles. The van der Waals surface area contributed by atoms with E-state index in [0.29, 0.717) is 0 Å². The van der Waals surface area contributed by atoms with E-state index in [0.717, 1.165) is 17.8 Å². The van der Waals surface area contributed by atoms with Crippen molar-refractivity contribution in [1.29, 1.82) is 0 Å². The van der Waals surface area contributed by atoms with E-state index < -0.39 is 0 Å². The summed E-state index contributed by atoms with van der Waals surface area (Å²) in [6.45, 7) is 0. The number of aromatic nitrogens is 2. The minimum absolute atomic E-state index is 0.929. The zero-order chi connectivity index (χ0) is 13.6. The molecule has 0 atom stereocenters. The normalized spacial score (nSPS) is 10.2. The number of nitrogens with one attached hydrogen (secondary N) is 1. The van der Waals surface area contributed by atoms with Gasteiger partial charge >= 0.3 is 0 Å². The van der Waals surface area contributed by atoms with Gasteiger partial charge in [0.1, 0.15) is 0 Å². The van der Waals surface area contributed by atoms with Gasteiger partial charge in [-0.2, -0.15) is 0 Å². The Morgan fingerprint density at radius 2 is 1.10 bits per heavy atom. The van der Waals surface area contributed by atoms with E-state index in [1.165, 1.54) is 11.1 Å². The van der Waals surface area contributed by atoms with Gasteiger partial charge in [0.25, 0.3) is 0 Å². The van der Waals surface area contributed by atoms with Crippen molar-refractivity contribution in [2.45, 2.75) is 6.42 Å². The lowest BCUT2D eigenvalue weighted by Gasteiger charge is -2.07. The summed E-state index contributed by atoms with van der Waals surface area (Å²) in [7, 11) is 0. The standard InChI is InChI=1S/C17H15N3/c1-3-16(20-17-7-11-19-12-8-17)4-2-14(1)13-15-5-9-18-10-6-15/h1-12H,13H2,(H,19,20). The maximum atomic E-state index is 4.03. The Balaban J connectivity index is 1.69. The summed E-state index contributed by atoms with van der Waals surface area (Å²) in [5.74, 6) is 0. The Bertz CT molecular complexity index is 588.